The summed E-state index contributed by atoms with van der Waals surface area (Å²) in [5.41, 5.74) is 20.9. The second-order valence-electron chi connectivity index (χ2n) is 26.9. The highest BCUT2D eigenvalue weighted by atomic mass is 16.3. The number of benzene rings is 14. The van der Waals surface area contributed by atoms with Crippen LogP contribution in [0, 0.1) is 0 Å². The van der Waals surface area contributed by atoms with E-state index in [9.17, 15) is 0 Å². The van der Waals surface area contributed by atoms with Crippen molar-refractivity contribution in [2.75, 3.05) is 0 Å². The third-order valence-electron chi connectivity index (χ3n) is 19.9. The van der Waals surface area contributed by atoms with Gasteiger partial charge in [0.2, 0.25) is 0 Å². The van der Waals surface area contributed by atoms with Gasteiger partial charge in [-0.3, -0.25) is 0 Å². The van der Waals surface area contributed by atoms with Crippen LogP contribution in [0.4, 0.5) is 0 Å². The summed E-state index contributed by atoms with van der Waals surface area (Å²) in [6.45, 7) is 0. The summed E-state index contributed by atoms with van der Waals surface area (Å²) in [5.74, 6) is 5.39. The molecule has 13 nitrogen and oxygen atoms in total. The fraction of sp³-hybridized carbons (Fsp3) is 0. The van der Waals surface area contributed by atoms with Gasteiger partial charge in [0, 0.05) is 77.2 Å². The van der Waals surface area contributed by atoms with Crippen molar-refractivity contribution in [2.24, 2.45) is 0 Å². The molecule has 514 valence electrons. The van der Waals surface area contributed by atoms with Gasteiger partial charge in [0.25, 0.3) is 0 Å². The molecular formula is C97H59N11O2. The molecule has 0 saturated carbocycles. The lowest BCUT2D eigenvalue weighted by molar-refractivity contribution is 0.669. The van der Waals surface area contributed by atoms with Gasteiger partial charge in [-0.1, -0.05) is 303 Å². The molecule has 0 aliphatic rings. The van der Waals surface area contributed by atoms with Gasteiger partial charge < -0.3 is 8.83 Å². The lowest BCUT2D eigenvalue weighted by Gasteiger charge is -2.11. The van der Waals surface area contributed by atoms with Gasteiger partial charge in [0.05, 0.1) is 22.5 Å². The minimum atomic E-state index is 0.496. The lowest BCUT2D eigenvalue weighted by atomic mass is 9.98. The molecule has 0 saturated heterocycles. The van der Waals surface area contributed by atoms with E-state index in [1.165, 1.54) is 0 Å². The van der Waals surface area contributed by atoms with Crippen LogP contribution in [0.15, 0.2) is 367 Å². The summed E-state index contributed by atoms with van der Waals surface area (Å²) in [5, 5.41) is 3.76. The van der Waals surface area contributed by atoms with Gasteiger partial charge in [-0.05, 0) is 88.0 Å². The van der Waals surface area contributed by atoms with Gasteiger partial charge >= 0.3 is 0 Å². The number of nitrogens with zero attached hydrogens (tertiary/aromatic N) is 11. The Morgan fingerprint density at radius 2 is 0.391 bits per heavy atom. The molecule has 0 fully saturated rings. The van der Waals surface area contributed by atoms with Crippen LogP contribution in [0.25, 0.3) is 214 Å². The number of aromatic nitrogens is 11. The van der Waals surface area contributed by atoms with Crippen molar-refractivity contribution in [1.82, 2.24) is 54.8 Å². The maximum absolute atomic E-state index is 6.91. The molecule has 0 spiro atoms. The van der Waals surface area contributed by atoms with Crippen molar-refractivity contribution >= 4 is 43.9 Å². The Balaban J connectivity index is 0.610. The molecule has 0 atom stereocenters. The summed E-state index contributed by atoms with van der Waals surface area (Å²) in [6, 6.07) is 121. The average Bonchev–Trinajstić information content (AvgIpc) is 1.59. The van der Waals surface area contributed by atoms with Gasteiger partial charge in [-0.25, -0.2) is 54.8 Å². The quantitative estimate of drug-likeness (QED) is 0.0952. The standard InChI is InChI=1S/C97H59N11O2/c1-7-23-60(24-8-1)70-35-19-37-72(55-70)92-104-93(106-95(105-92)75-52-54-77-79-40-22-42-81(87(79)110-85(77)58-75)97-107-89(67-31-15-5-16-32-67)101-90(108-97)68-33-17-6-18-34-68)73-38-20-36-71(56-73)63-45-43-61(44-46-63)62-47-49-69(50-48-62)91-100-88(66-29-13-4-14-30-66)102-94(103-91)74-51-53-76-78-39-21-41-80(86(78)109-84(76)57-74)96-98-82(64-25-9-2-10-26-64)59-83(99-96)65-27-11-3-12-28-65/h1-59H. The van der Waals surface area contributed by atoms with E-state index in [1.54, 1.807) is 0 Å². The number of fused-ring (bicyclic) bond motifs is 6. The Morgan fingerprint density at radius 1 is 0.145 bits per heavy atom. The summed E-state index contributed by atoms with van der Waals surface area (Å²) in [7, 11) is 0. The third-order valence-corrected chi connectivity index (χ3v) is 19.9. The van der Waals surface area contributed by atoms with Crippen LogP contribution in [0.5, 0.6) is 0 Å². The van der Waals surface area contributed by atoms with Crippen molar-refractivity contribution in [3.8, 4) is 170 Å². The monoisotopic (exact) mass is 1410 g/mol. The molecule has 0 aliphatic carbocycles. The molecule has 0 amide bonds. The lowest BCUT2D eigenvalue weighted by Crippen LogP contribution is -2.00. The van der Waals surface area contributed by atoms with E-state index in [2.05, 4.69) is 164 Å². The van der Waals surface area contributed by atoms with Crippen LogP contribution in [-0.2, 0) is 0 Å². The first kappa shape index (κ1) is 64.4. The highest BCUT2D eigenvalue weighted by molar-refractivity contribution is 6.11. The molecule has 6 heterocycles. The zero-order chi connectivity index (χ0) is 72.9. The van der Waals surface area contributed by atoms with Crippen LogP contribution in [0.2, 0.25) is 0 Å². The van der Waals surface area contributed by atoms with Crippen LogP contribution in [0.1, 0.15) is 0 Å². The Bertz CT molecular complexity index is 6750. The SMILES string of the molecule is c1ccc(-c2cccc(-c3nc(-c4cccc(-c5ccc(-c6ccc(-c7nc(-c8ccccc8)nc(-c8ccc9c(c8)oc8c(-c%10nc(-c%11ccccc%11)cc(-c%11ccccc%11)n%10)cccc89)n7)cc6)cc5)c4)nc(-c4ccc5c(c4)oc4c(-c6nc(-c7ccccc7)nc(-c7ccccc7)n6)cccc45)n3)c2)cc1. The van der Waals surface area contributed by atoms with E-state index in [4.69, 9.17) is 63.7 Å². The Hall–Kier alpha value is -15.2. The zero-order valence-electron chi connectivity index (χ0n) is 58.8. The molecule has 13 heteroatoms. The van der Waals surface area contributed by atoms with Gasteiger partial charge in [-0.15, -0.1) is 0 Å². The smallest absolute Gasteiger partial charge is 0.167 e. The van der Waals surface area contributed by atoms with Crippen LogP contribution in [-0.4, -0.2) is 54.8 Å². The Kier molecular flexibility index (Phi) is 16.2. The first-order valence-electron chi connectivity index (χ1n) is 36.3. The van der Waals surface area contributed by atoms with Crippen molar-refractivity contribution in [2.45, 2.75) is 0 Å². The molecule has 14 aromatic carbocycles. The predicted molar refractivity (Wildman–Crippen MR) is 438 cm³/mol. The van der Waals surface area contributed by atoms with E-state index >= 15 is 0 Å². The largest absolute Gasteiger partial charge is 0.455 e. The van der Waals surface area contributed by atoms with Crippen LogP contribution < -0.4 is 0 Å². The van der Waals surface area contributed by atoms with Crippen LogP contribution in [0.3, 0.4) is 0 Å². The number of hydrogen-bond donors (Lipinski definition) is 0. The molecule has 0 unspecified atom stereocenters. The van der Waals surface area contributed by atoms with Crippen molar-refractivity contribution in [3.63, 3.8) is 0 Å². The highest BCUT2D eigenvalue weighted by Gasteiger charge is 2.23. The molecule has 0 radical (unpaired) electrons. The van der Waals surface area contributed by atoms with Crippen molar-refractivity contribution in [3.05, 3.63) is 358 Å². The summed E-state index contributed by atoms with van der Waals surface area (Å²) in [6.07, 6.45) is 0. The molecule has 110 heavy (non-hydrogen) atoms. The van der Waals surface area contributed by atoms with E-state index in [1.807, 2.05) is 194 Å². The fourth-order valence-electron chi connectivity index (χ4n) is 14.3. The molecule has 0 bridgehead atoms. The molecule has 0 N–H and O–H groups in total. The Morgan fingerprint density at radius 3 is 0.764 bits per heavy atom. The average molecular weight is 1410 g/mol. The number of rotatable bonds is 15. The molecule has 20 rings (SSSR count). The fourth-order valence-corrected chi connectivity index (χ4v) is 14.3. The van der Waals surface area contributed by atoms with Crippen molar-refractivity contribution < 1.29 is 8.83 Å². The normalized spacial score (nSPS) is 11.5. The first-order chi connectivity index (χ1) is 54.4. The topological polar surface area (TPSA) is 168 Å². The summed E-state index contributed by atoms with van der Waals surface area (Å²) >= 11 is 0. The zero-order valence-corrected chi connectivity index (χ0v) is 58.8. The van der Waals surface area contributed by atoms with E-state index in [-0.39, 0.29) is 0 Å². The van der Waals surface area contributed by atoms with Crippen LogP contribution >= 0.6 is 0 Å². The predicted octanol–water partition coefficient (Wildman–Crippen LogP) is 23.8. The maximum Gasteiger partial charge on any atom is 0.167 e. The van der Waals surface area contributed by atoms with E-state index < -0.39 is 0 Å². The van der Waals surface area contributed by atoms with E-state index in [0.29, 0.717) is 80.6 Å². The maximum atomic E-state index is 6.91. The number of para-hydroxylation sites is 2. The third kappa shape index (κ3) is 12.4. The van der Waals surface area contributed by atoms with Gasteiger partial charge in [-0.2, -0.15) is 0 Å². The minimum Gasteiger partial charge on any atom is -0.455 e. The van der Waals surface area contributed by atoms with Gasteiger partial charge in [0.1, 0.15) is 22.3 Å². The Labute approximate surface area is 631 Å². The second-order valence-corrected chi connectivity index (χ2v) is 26.9. The van der Waals surface area contributed by atoms with Gasteiger partial charge in [0.15, 0.2) is 58.2 Å². The summed E-state index contributed by atoms with van der Waals surface area (Å²) < 4.78 is 13.8. The van der Waals surface area contributed by atoms with Crippen molar-refractivity contribution in [1.29, 1.82) is 0 Å². The molecule has 6 aromatic heterocycles. The first-order valence-corrected chi connectivity index (χ1v) is 36.3. The van der Waals surface area contributed by atoms with E-state index in [0.717, 1.165) is 133 Å². The second kappa shape index (κ2) is 27.7. The molecule has 20 aromatic rings. The molecular weight excluding hydrogens is 1350 g/mol. The highest BCUT2D eigenvalue weighted by Crippen LogP contribution is 2.42. The number of furan rings is 2. The molecule has 0 aliphatic heterocycles. The number of hydrogen-bond acceptors (Lipinski definition) is 13. The summed E-state index contributed by atoms with van der Waals surface area (Å²) in [4.78, 5) is 56.5. The minimum absolute atomic E-state index is 0.496.